The number of nitrogens with zero attached hydrogens (tertiary/aromatic N) is 3. The maximum absolute atomic E-state index is 8.68. The van der Waals surface area contributed by atoms with Crippen LogP contribution in [0.2, 0.25) is 0 Å². The zero-order valence-electron chi connectivity index (χ0n) is 8.42. The van der Waals surface area contributed by atoms with Gasteiger partial charge in [0.15, 0.2) is 6.23 Å². The highest BCUT2D eigenvalue weighted by molar-refractivity contribution is 5.81. The molecule has 2 rings (SSSR count). The maximum Gasteiger partial charge on any atom is 0.154 e. The first-order chi connectivity index (χ1) is 7.35. The van der Waals surface area contributed by atoms with Crippen molar-refractivity contribution in [2.75, 3.05) is 18.6 Å². The summed E-state index contributed by atoms with van der Waals surface area (Å²) < 4.78 is 5.27. The Balaban J connectivity index is 2.22. The third-order valence-corrected chi connectivity index (χ3v) is 2.34. The van der Waals surface area contributed by atoms with Gasteiger partial charge in [0.25, 0.3) is 0 Å². The largest absolute Gasteiger partial charge is 0.359 e. The zero-order valence-corrected chi connectivity index (χ0v) is 8.42. The number of benzene rings is 1. The Hall–Kier alpha value is -1.86. The molecule has 1 atom stereocenters. The number of nitriles is 1. The molecule has 4 nitrogen and oxygen atoms in total. The second kappa shape index (κ2) is 4.11. The van der Waals surface area contributed by atoms with Gasteiger partial charge in [-0.2, -0.15) is 5.26 Å². The Morgan fingerprint density at radius 2 is 2.20 bits per heavy atom. The van der Waals surface area contributed by atoms with Gasteiger partial charge in [0.1, 0.15) is 0 Å². The molecule has 1 aliphatic heterocycles. The van der Waals surface area contributed by atoms with Gasteiger partial charge in [-0.3, -0.25) is 4.99 Å². The van der Waals surface area contributed by atoms with Crippen molar-refractivity contribution in [3.63, 3.8) is 0 Å². The second-order valence-electron chi connectivity index (χ2n) is 3.24. The van der Waals surface area contributed by atoms with E-state index in [9.17, 15) is 0 Å². The van der Waals surface area contributed by atoms with Gasteiger partial charge >= 0.3 is 0 Å². The van der Waals surface area contributed by atoms with E-state index in [4.69, 9.17) is 10.00 Å². The average Bonchev–Trinajstić information content (AvgIpc) is 2.77. The molecule has 15 heavy (non-hydrogen) atoms. The maximum atomic E-state index is 8.68. The molecule has 0 aliphatic carbocycles. The molecule has 0 amide bonds. The summed E-state index contributed by atoms with van der Waals surface area (Å²) in [5, 5.41) is 8.68. The van der Waals surface area contributed by atoms with Gasteiger partial charge in [-0.05, 0) is 24.3 Å². The molecule has 0 fully saturated rings. The van der Waals surface area contributed by atoms with Gasteiger partial charge in [-0.1, -0.05) is 0 Å². The van der Waals surface area contributed by atoms with Gasteiger partial charge in [-0.25, -0.2) is 0 Å². The monoisotopic (exact) mass is 201 g/mol. The SMILES string of the molecule is COC1CN=CN1c1ccc(C#N)cc1. The summed E-state index contributed by atoms with van der Waals surface area (Å²) >= 11 is 0. The predicted octanol–water partition coefficient (Wildman–Crippen LogP) is 1.38. The summed E-state index contributed by atoms with van der Waals surface area (Å²) in [6.07, 6.45) is 1.73. The van der Waals surface area contributed by atoms with Gasteiger partial charge in [0, 0.05) is 12.8 Å². The molecule has 0 radical (unpaired) electrons. The zero-order chi connectivity index (χ0) is 10.7. The van der Waals surface area contributed by atoms with Crippen LogP contribution in [0.15, 0.2) is 29.3 Å². The summed E-state index contributed by atoms with van der Waals surface area (Å²) in [7, 11) is 1.66. The average molecular weight is 201 g/mol. The fourth-order valence-corrected chi connectivity index (χ4v) is 1.52. The predicted molar refractivity (Wildman–Crippen MR) is 57.8 cm³/mol. The van der Waals surface area contributed by atoms with Crippen LogP contribution in [0.3, 0.4) is 0 Å². The topological polar surface area (TPSA) is 48.6 Å². The molecular formula is C11H11N3O. The summed E-state index contributed by atoms with van der Waals surface area (Å²) in [6, 6.07) is 9.44. The van der Waals surface area contributed by atoms with E-state index in [-0.39, 0.29) is 6.23 Å². The fourth-order valence-electron chi connectivity index (χ4n) is 1.52. The number of rotatable bonds is 2. The molecule has 0 bridgehead atoms. The molecule has 0 saturated heterocycles. The van der Waals surface area contributed by atoms with Gasteiger partial charge in [0.05, 0.1) is 24.5 Å². The molecule has 0 aromatic heterocycles. The van der Waals surface area contributed by atoms with Crippen LogP contribution in [-0.2, 0) is 4.74 Å². The molecular weight excluding hydrogens is 190 g/mol. The molecule has 1 aromatic carbocycles. The van der Waals surface area contributed by atoms with Crippen molar-refractivity contribution in [1.82, 2.24) is 0 Å². The highest BCUT2D eigenvalue weighted by atomic mass is 16.5. The third-order valence-electron chi connectivity index (χ3n) is 2.34. The van der Waals surface area contributed by atoms with Crippen LogP contribution >= 0.6 is 0 Å². The van der Waals surface area contributed by atoms with Crippen molar-refractivity contribution in [2.24, 2.45) is 4.99 Å². The lowest BCUT2D eigenvalue weighted by Crippen LogP contribution is -2.32. The van der Waals surface area contributed by atoms with Crippen LogP contribution in [0.25, 0.3) is 0 Å². The molecule has 0 N–H and O–H groups in total. The van der Waals surface area contributed by atoms with Crippen molar-refractivity contribution in [3.8, 4) is 6.07 Å². The fraction of sp³-hybridized carbons (Fsp3) is 0.273. The molecule has 0 spiro atoms. The van der Waals surface area contributed by atoms with E-state index in [1.165, 1.54) is 0 Å². The molecule has 1 aromatic rings. The van der Waals surface area contributed by atoms with Crippen molar-refractivity contribution in [3.05, 3.63) is 29.8 Å². The van der Waals surface area contributed by atoms with Crippen LogP contribution in [0.5, 0.6) is 0 Å². The number of ether oxygens (including phenoxy) is 1. The Morgan fingerprint density at radius 1 is 1.47 bits per heavy atom. The lowest BCUT2D eigenvalue weighted by Gasteiger charge is -2.22. The Kier molecular flexibility index (Phi) is 2.66. The minimum atomic E-state index is -0.0297. The first-order valence-corrected chi connectivity index (χ1v) is 4.66. The number of methoxy groups -OCH3 is 1. The van der Waals surface area contributed by atoms with Crippen LogP contribution in [-0.4, -0.2) is 26.2 Å². The molecule has 1 aliphatic rings. The normalized spacial score (nSPS) is 19.2. The van der Waals surface area contributed by atoms with Crippen LogP contribution < -0.4 is 4.90 Å². The Labute approximate surface area is 88.4 Å². The van der Waals surface area contributed by atoms with Crippen molar-refractivity contribution >= 4 is 12.0 Å². The Morgan fingerprint density at radius 3 is 2.80 bits per heavy atom. The van der Waals surface area contributed by atoms with Crippen molar-refractivity contribution < 1.29 is 4.74 Å². The van der Waals surface area contributed by atoms with Crippen molar-refractivity contribution in [2.45, 2.75) is 6.23 Å². The Bertz CT molecular complexity index is 405. The first kappa shape index (κ1) is 9.69. The van der Waals surface area contributed by atoms with E-state index in [1.807, 2.05) is 17.0 Å². The minimum absolute atomic E-state index is 0.0297. The van der Waals surface area contributed by atoms with E-state index in [0.717, 1.165) is 5.69 Å². The molecule has 4 heteroatoms. The highest BCUT2D eigenvalue weighted by Crippen LogP contribution is 2.19. The van der Waals surface area contributed by atoms with Gasteiger partial charge in [-0.15, -0.1) is 0 Å². The highest BCUT2D eigenvalue weighted by Gasteiger charge is 2.20. The quantitative estimate of drug-likeness (QED) is 0.726. The summed E-state index contributed by atoms with van der Waals surface area (Å²) in [5.41, 5.74) is 1.64. The van der Waals surface area contributed by atoms with Crippen LogP contribution in [0, 0.1) is 11.3 Å². The van der Waals surface area contributed by atoms with Gasteiger partial charge in [0.2, 0.25) is 0 Å². The molecule has 0 saturated carbocycles. The minimum Gasteiger partial charge on any atom is -0.359 e. The molecule has 1 heterocycles. The lowest BCUT2D eigenvalue weighted by atomic mass is 10.2. The van der Waals surface area contributed by atoms with E-state index in [0.29, 0.717) is 12.1 Å². The van der Waals surface area contributed by atoms with E-state index < -0.39 is 0 Å². The van der Waals surface area contributed by atoms with Crippen molar-refractivity contribution in [1.29, 1.82) is 5.26 Å². The number of aliphatic imine (C=N–C) groups is 1. The summed E-state index contributed by atoms with van der Waals surface area (Å²) in [4.78, 5) is 6.09. The second-order valence-corrected chi connectivity index (χ2v) is 3.24. The van der Waals surface area contributed by atoms with Crippen LogP contribution in [0.4, 0.5) is 5.69 Å². The number of anilines is 1. The smallest absolute Gasteiger partial charge is 0.154 e. The lowest BCUT2D eigenvalue weighted by molar-refractivity contribution is 0.124. The van der Waals surface area contributed by atoms with Crippen LogP contribution in [0.1, 0.15) is 5.56 Å². The summed E-state index contributed by atoms with van der Waals surface area (Å²) in [5.74, 6) is 0. The molecule has 76 valence electrons. The number of hydrogen-bond acceptors (Lipinski definition) is 4. The van der Waals surface area contributed by atoms with E-state index in [2.05, 4.69) is 11.1 Å². The third kappa shape index (κ3) is 1.83. The first-order valence-electron chi connectivity index (χ1n) is 4.66. The van der Waals surface area contributed by atoms with Gasteiger partial charge < -0.3 is 9.64 Å². The number of hydrogen-bond donors (Lipinski definition) is 0. The van der Waals surface area contributed by atoms with E-state index >= 15 is 0 Å². The molecule has 1 unspecified atom stereocenters. The van der Waals surface area contributed by atoms with E-state index in [1.54, 1.807) is 25.6 Å². The summed E-state index contributed by atoms with van der Waals surface area (Å²) in [6.45, 7) is 0.649. The standard InChI is InChI=1S/C11H11N3O/c1-15-11-7-13-8-14(11)10-4-2-9(6-12)3-5-10/h2-5,8,11H,7H2,1H3.